The van der Waals surface area contributed by atoms with Gasteiger partial charge in [-0.2, -0.15) is 5.10 Å². The number of Topliss-reactive ketones (excluding diaryl/α,β-unsaturated/α-hetero) is 1. The molecule has 0 unspecified atom stereocenters. The van der Waals surface area contributed by atoms with Crippen LogP contribution in [0.3, 0.4) is 0 Å². The van der Waals surface area contributed by atoms with Crippen molar-refractivity contribution in [3.8, 4) is 0 Å². The van der Waals surface area contributed by atoms with Gasteiger partial charge < -0.3 is 5.32 Å². The molecule has 1 aromatic rings. The van der Waals surface area contributed by atoms with E-state index in [4.69, 9.17) is 11.6 Å². The Bertz CT molecular complexity index is 374. The van der Waals surface area contributed by atoms with Crippen LogP contribution in [-0.2, 0) is 6.54 Å². The molecule has 0 saturated heterocycles. The van der Waals surface area contributed by atoms with Crippen LogP contribution in [0.2, 0.25) is 5.02 Å². The van der Waals surface area contributed by atoms with Crippen LogP contribution in [0.25, 0.3) is 0 Å². The number of hydrogen-bond acceptors (Lipinski definition) is 3. The standard InChI is InChI=1S/C12H20ClN3O/c1-4-16-12(10(13)8-15-16)11(17)6-5-7-14-9(2)3/h8-9,14H,4-7H2,1-3H3. The Morgan fingerprint density at radius 1 is 1.59 bits per heavy atom. The minimum absolute atomic E-state index is 0.0694. The second-order valence-electron chi connectivity index (χ2n) is 4.29. The molecule has 0 aliphatic heterocycles. The fourth-order valence-corrected chi connectivity index (χ4v) is 1.88. The van der Waals surface area contributed by atoms with Gasteiger partial charge in [0.1, 0.15) is 5.69 Å². The molecule has 0 aliphatic rings. The number of carbonyl (C=O) groups is 1. The minimum atomic E-state index is 0.0694. The third-order valence-electron chi connectivity index (χ3n) is 2.49. The number of nitrogens with one attached hydrogen (secondary N) is 1. The van der Waals surface area contributed by atoms with Crippen molar-refractivity contribution in [3.05, 3.63) is 16.9 Å². The van der Waals surface area contributed by atoms with Crippen molar-refractivity contribution in [1.82, 2.24) is 15.1 Å². The third-order valence-corrected chi connectivity index (χ3v) is 2.77. The summed E-state index contributed by atoms with van der Waals surface area (Å²) in [6.07, 6.45) is 2.86. The average Bonchev–Trinajstić information content (AvgIpc) is 2.65. The van der Waals surface area contributed by atoms with E-state index in [2.05, 4.69) is 24.3 Å². The number of hydrogen-bond donors (Lipinski definition) is 1. The van der Waals surface area contributed by atoms with E-state index < -0.39 is 0 Å². The van der Waals surface area contributed by atoms with E-state index in [9.17, 15) is 4.79 Å². The number of halogens is 1. The zero-order valence-electron chi connectivity index (χ0n) is 10.7. The number of aromatic nitrogens is 2. The fraction of sp³-hybridized carbons (Fsp3) is 0.667. The van der Waals surface area contributed by atoms with Gasteiger partial charge in [0, 0.05) is 19.0 Å². The second-order valence-corrected chi connectivity index (χ2v) is 4.70. The van der Waals surface area contributed by atoms with Crippen molar-refractivity contribution in [2.24, 2.45) is 0 Å². The van der Waals surface area contributed by atoms with Crippen molar-refractivity contribution >= 4 is 17.4 Å². The summed E-state index contributed by atoms with van der Waals surface area (Å²) >= 11 is 5.96. The molecule has 4 nitrogen and oxygen atoms in total. The molecule has 1 heterocycles. The van der Waals surface area contributed by atoms with Gasteiger partial charge in [-0.05, 0) is 19.9 Å². The van der Waals surface area contributed by atoms with Crippen LogP contribution in [0.4, 0.5) is 0 Å². The van der Waals surface area contributed by atoms with Gasteiger partial charge in [0.2, 0.25) is 0 Å². The minimum Gasteiger partial charge on any atom is -0.315 e. The van der Waals surface area contributed by atoms with Gasteiger partial charge in [-0.3, -0.25) is 9.48 Å². The van der Waals surface area contributed by atoms with Gasteiger partial charge in [0.15, 0.2) is 5.78 Å². The highest BCUT2D eigenvalue weighted by atomic mass is 35.5. The zero-order valence-corrected chi connectivity index (χ0v) is 11.4. The van der Waals surface area contributed by atoms with Crippen LogP contribution in [-0.4, -0.2) is 28.2 Å². The van der Waals surface area contributed by atoms with Crippen LogP contribution >= 0.6 is 11.6 Å². The van der Waals surface area contributed by atoms with E-state index in [-0.39, 0.29) is 5.78 Å². The van der Waals surface area contributed by atoms with Crippen molar-refractivity contribution < 1.29 is 4.79 Å². The van der Waals surface area contributed by atoms with E-state index in [1.165, 1.54) is 6.20 Å². The van der Waals surface area contributed by atoms with Crippen molar-refractivity contribution in [2.45, 2.75) is 46.2 Å². The number of aryl methyl sites for hydroxylation is 1. The lowest BCUT2D eigenvalue weighted by Crippen LogP contribution is -2.24. The maximum atomic E-state index is 12.0. The predicted molar refractivity (Wildman–Crippen MR) is 69.6 cm³/mol. The van der Waals surface area contributed by atoms with Crippen molar-refractivity contribution in [3.63, 3.8) is 0 Å². The molecular weight excluding hydrogens is 238 g/mol. The summed E-state index contributed by atoms with van der Waals surface area (Å²) in [6.45, 7) is 7.63. The first-order chi connectivity index (χ1) is 8.06. The fourth-order valence-electron chi connectivity index (χ4n) is 1.64. The maximum absolute atomic E-state index is 12.0. The van der Waals surface area contributed by atoms with E-state index in [0.717, 1.165) is 13.0 Å². The predicted octanol–water partition coefficient (Wildman–Crippen LogP) is 2.52. The number of nitrogens with zero attached hydrogens (tertiary/aromatic N) is 2. The molecular formula is C12H20ClN3O. The summed E-state index contributed by atoms with van der Waals surface area (Å²) in [5.41, 5.74) is 0.540. The van der Waals surface area contributed by atoms with Crippen LogP contribution in [0.1, 0.15) is 44.1 Å². The van der Waals surface area contributed by atoms with Crippen molar-refractivity contribution in [2.75, 3.05) is 6.54 Å². The number of carbonyl (C=O) groups excluding carboxylic acids is 1. The van der Waals surface area contributed by atoms with Crippen LogP contribution in [0.15, 0.2) is 6.20 Å². The van der Waals surface area contributed by atoms with Gasteiger partial charge in [-0.1, -0.05) is 25.4 Å². The zero-order chi connectivity index (χ0) is 12.8. The van der Waals surface area contributed by atoms with Gasteiger partial charge in [0.05, 0.1) is 11.2 Å². The summed E-state index contributed by atoms with van der Waals surface area (Å²) in [5.74, 6) is 0.0694. The maximum Gasteiger partial charge on any atom is 0.182 e. The summed E-state index contributed by atoms with van der Waals surface area (Å²) < 4.78 is 1.65. The Morgan fingerprint density at radius 2 is 2.29 bits per heavy atom. The SMILES string of the molecule is CCn1ncc(Cl)c1C(=O)CCCNC(C)C. The highest BCUT2D eigenvalue weighted by Gasteiger charge is 2.15. The molecule has 0 amide bonds. The first kappa shape index (κ1) is 14.2. The number of rotatable bonds is 7. The Labute approximate surface area is 107 Å². The quantitative estimate of drug-likeness (QED) is 0.603. The second kappa shape index (κ2) is 6.77. The van der Waals surface area contributed by atoms with E-state index in [1.807, 2.05) is 6.92 Å². The van der Waals surface area contributed by atoms with Gasteiger partial charge in [0.25, 0.3) is 0 Å². The number of ketones is 1. The molecule has 0 radical (unpaired) electrons. The lowest BCUT2D eigenvalue weighted by Gasteiger charge is -2.08. The van der Waals surface area contributed by atoms with Crippen LogP contribution < -0.4 is 5.32 Å². The van der Waals surface area contributed by atoms with Crippen LogP contribution in [0.5, 0.6) is 0 Å². The molecule has 0 aliphatic carbocycles. The normalized spacial score (nSPS) is 11.1. The third kappa shape index (κ3) is 4.13. The monoisotopic (exact) mass is 257 g/mol. The summed E-state index contributed by atoms with van der Waals surface area (Å²) in [6, 6.07) is 0.454. The van der Waals surface area contributed by atoms with E-state index in [1.54, 1.807) is 4.68 Å². The topological polar surface area (TPSA) is 46.9 Å². The first-order valence-corrected chi connectivity index (χ1v) is 6.42. The highest BCUT2D eigenvalue weighted by molar-refractivity contribution is 6.33. The summed E-state index contributed by atoms with van der Waals surface area (Å²) in [4.78, 5) is 12.0. The van der Waals surface area contributed by atoms with E-state index in [0.29, 0.717) is 29.7 Å². The summed E-state index contributed by atoms with van der Waals surface area (Å²) in [7, 11) is 0. The summed E-state index contributed by atoms with van der Waals surface area (Å²) in [5, 5.41) is 7.79. The smallest absolute Gasteiger partial charge is 0.182 e. The Morgan fingerprint density at radius 3 is 2.88 bits per heavy atom. The molecule has 1 aromatic heterocycles. The van der Waals surface area contributed by atoms with Gasteiger partial charge in [-0.15, -0.1) is 0 Å². The lowest BCUT2D eigenvalue weighted by atomic mass is 10.1. The molecule has 0 atom stereocenters. The molecule has 1 N–H and O–H groups in total. The first-order valence-electron chi connectivity index (χ1n) is 6.04. The molecule has 0 spiro atoms. The molecule has 0 aromatic carbocycles. The largest absolute Gasteiger partial charge is 0.315 e. The highest BCUT2D eigenvalue weighted by Crippen LogP contribution is 2.17. The van der Waals surface area contributed by atoms with Crippen LogP contribution in [0, 0.1) is 0 Å². The molecule has 0 bridgehead atoms. The molecule has 0 fully saturated rings. The molecule has 0 saturated carbocycles. The van der Waals surface area contributed by atoms with E-state index >= 15 is 0 Å². The molecule has 96 valence electrons. The molecule has 17 heavy (non-hydrogen) atoms. The van der Waals surface area contributed by atoms with Gasteiger partial charge in [-0.25, -0.2) is 0 Å². The molecule has 1 rings (SSSR count). The Balaban J connectivity index is 2.49. The lowest BCUT2D eigenvalue weighted by molar-refractivity contribution is 0.0969. The average molecular weight is 258 g/mol. The molecule has 5 heteroatoms. The van der Waals surface area contributed by atoms with Crippen molar-refractivity contribution in [1.29, 1.82) is 0 Å². The Kier molecular flexibility index (Phi) is 5.65. The van der Waals surface area contributed by atoms with Gasteiger partial charge >= 0.3 is 0 Å². The Hall–Kier alpha value is -0.870.